The van der Waals surface area contributed by atoms with Crippen molar-refractivity contribution in [3.8, 4) is 0 Å². The van der Waals surface area contributed by atoms with E-state index in [0.717, 1.165) is 13.1 Å². The van der Waals surface area contributed by atoms with Crippen molar-refractivity contribution in [3.05, 3.63) is 42.2 Å². The summed E-state index contributed by atoms with van der Waals surface area (Å²) in [6.45, 7) is 4.14. The number of benzene rings is 1. The highest BCUT2D eigenvalue weighted by molar-refractivity contribution is 5.72. The van der Waals surface area contributed by atoms with Gasteiger partial charge in [0.1, 0.15) is 0 Å². The van der Waals surface area contributed by atoms with E-state index < -0.39 is 0 Å². The summed E-state index contributed by atoms with van der Waals surface area (Å²) in [7, 11) is 1.96. The highest BCUT2D eigenvalue weighted by Gasteiger charge is 2.22. The predicted octanol–water partition coefficient (Wildman–Crippen LogP) is 2.24. The maximum atomic E-state index is 4.24. The van der Waals surface area contributed by atoms with Gasteiger partial charge in [0.05, 0.1) is 17.6 Å². The molecule has 2 aromatic rings. The number of nitrogens with one attached hydrogen (secondary N) is 1. The lowest BCUT2D eigenvalue weighted by Crippen LogP contribution is -2.41. The highest BCUT2D eigenvalue weighted by atomic mass is 15.3. The number of rotatable bonds is 2. The molecule has 1 N–H and O–H groups in total. The largest absolute Gasteiger partial charge is 0.381 e. The van der Waals surface area contributed by atoms with E-state index in [9.17, 15) is 0 Å². The Balaban J connectivity index is 1.91. The van der Waals surface area contributed by atoms with Crippen LogP contribution in [-0.4, -0.2) is 22.4 Å². The molecule has 1 aromatic carbocycles. The van der Waals surface area contributed by atoms with Crippen molar-refractivity contribution in [3.63, 3.8) is 0 Å². The zero-order valence-electron chi connectivity index (χ0n) is 10.8. The zero-order valence-corrected chi connectivity index (χ0v) is 10.8. The van der Waals surface area contributed by atoms with Crippen LogP contribution in [0.4, 0.5) is 11.4 Å². The van der Waals surface area contributed by atoms with Crippen LogP contribution in [0.15, 0.2) is 36.7 Å². The summed E-state index contributed by atoms with van der Waals surface area (Å²) in [6, 6.07) is 8.96. The van der Waals surface area contributed by atoms with Crippen molar-refractivity contribution in [2.75, 3.05) is 16.8 Å². The van der Waals surface area contributed by atoms with Gasteiger partial charge in [-0.05, 0) is 19.1 Å². The third-order valence-electron chi connectivity index (χ3n) is 3.44. The van der Waals surface area contributed by atoms with Crippen LogP contribution in [0.2, 0.25) is 0 Å². The van der Waals surface area contributed by atoms with Gasteiger partial charge in [0.15, 0.2) is 0 Å². The smallest absolute Gasteiger partial charge is 0.0608 e. The van der Waals surface area contributed by atoms with Crippen LogP contribution in [0.25, 0.3) is 0 Å². The first-order valence-corrected chi connectivity index (χ1v) is 6.31. The van der Waals surface area contributed by atoms with Crippen LogP contribution in [0, 0.1) is 0 Å². The summed E-state index contributed by atoms with van der Waals surface area (Å²) in [5.41, 5.74) is 3.75. The van der Waals surface area contributed by atoms with E-state index >= 15 is 0 Å². The molecule has 1 aliphatic rings. The van der Waals surface area contributed by atoms with Gasteiger partial charge in [0, 0.05) is 37.9 Å². The van der Waals surface area contributed by atoms with Crippen molar-refractivity contribution < 1.29 is 0 Å². The highest BCUT2D eigenvalue weighted by Crippen LogP contribution is 2.32. The number of para-hydroxylation sites is 2. The first kappa shape index (κ1) is 11.1. The van der Waals surface area contributed by atoms with Gasteiger partial charge in [-0.1, -0.05) is 12.1 Å². The Bertz CT molecular complexity index is 546. The summed E-state index contributed by atoms with van der Waals surface area (Å²) in [6.07, 6.45) is 4.02. The molecule has 94 valence electrons. The molecule has 1 aliphatic heterocycles. The van der Waals surface area contributed by atoms with E-state index in [0.29, 0.717) is 6.04 Å². The molecule has 2 heterocycles. The van der Waals surface area contributed by atoms with Gasteiger partial charge in [-0.25, -0.2) is 0 Å². The Morgan fingerprint density at radius 2 is 2.22 bits per heavy atom. The molecule has 0 saturated heterocycles. The minimum Gasteiger partial charge on any atom is -0.381 e. The molecule has 18 heavy (non-hydrogen) atoms. The quantitative estimate of drug-likeness (QED) is 0.876. The monoisotopic (exact) mass is 242 g/mol. The molecule has 1 aromatic heterocycles. The van der Waals surface area contributed by atoms with Crippen molar-refractivity contribution in [1.82, 2.24) is 9.78 Å². The molecule has 0 spiro atoms. The van der Waals surface area contributed by atoms with Crippen molar-refractivity contribution in [2.45, 2.75) is 19.5 Å². The average molecular weight is 242 g/mol. The van der Waals surface area contributed by atoms with Crippen LogP contribution in [0.5, 0.6) is 0 Å². The molecule has 1 atom stereocenters. The fraction of sp³-hybridized carbons (Fsp3) is 0.357. The standard InChI is InChI=1S/C14H18N4/c1-11-7-15-13-5-3-4-6-14(13)18(11)10-12-8-16-17(2)9-12/h3-6,8-9,11,15H,7,10H2,1-2H3. The van der Waals surface area contributed by atoms with Gasteiger partial charge < -0.3 is 10.2 Å². The minimum atomic E-state index is 0.486. The Morgan fingerprint density at radius 1 is 1.39 bits per heavy atom. The van der Waals surface area contributed by atoms with E-state index in [4.69, 9.17) is 0 Å². The van der Waals surface area contributed by atoms with E-state index in [1.54, 1.807) is 0 Å². The second kappa shape index (κ2) is 4.37. The molecule has 4 nitrogen and oxygen atoms in total. The number of aryl methyl sites for hydroxylation is 1. The number of nitrogens with zero attached hydrogens (tertiary/aromatic N) is 3. The van der Waals surface area contributed by atoms with E-state index in [1.165, 1.54) is 16.9 Å². The lowest BCUT2D eigenvalue weighted by Gasteiger charge is -2.37. The van der Waals surface area contributed by atoms with Gasteiger partial charge >= 0.3 is 0 Å². The summed E-state index contributed by atoms with van der Waals surface area (Å²) < 4.78 is 1.86. The number of hydrogen-bond acceptors (Lipinski definition) is 3. The summed E-state index contributed by atoms with van der Waals surface area (Å²) in [4.78, 5) is 2.43. The number of aromatic nitrogens is 2. The van der Waals surface area contributed by atoms with Crippen LogP contribution < -0.4 is 10.2 Å². The van der Waals surface area contributed by atoms with E-state index in [1.807, 2.05) is 17.9 Å². The predicted molar refractivity (Wildman–Crippen MR) is 73.8 cm³/mol. The Hall–Kier alpha value is -1.97. The van der Waals surface area contributed by atoms with Gasteiger partial charge in [-0.15, -0.1) is 0 Å². The normalized spacial score (nSPS) is 18.3. The first-order chi connectivity index (χ1) is 8.74. The van der Waals surface area contributed by atoms with Crippen molar-refractivity contribution in [1.29, 1.82) is 0 Å². The second-order valence-electron chi connectivity index (χ2n) is 4.90. The van der Waals surface area contributed by atoms with Crippen molar-refractivity contribution >= 4 is 11.4 Å². The van der Waals surface area contributed by atoms with Crippen LogP contribution in [-0.2, 0) is 13.6 Å². The summed E-state index contributed by atoms with van der Waals surface area (Å²) in [5, 5.41) is 7.71. The Kier molecular flexibility index (Phi) is 2.70. The van der Waals surface area contributed by atoms with Crippen LogP contribution in [0.3, 0.4) is 0 Å². The lowest BCUT2D eigenvalue weighted by atomic mass is 10.1. The summed E-state index contributed by atoms with van der Waals surface area (Å²) >= 11 is 0. The van der Waals surface area contributed by atoms with Gasteiger partial charge in [0.25, 0.3) is 0 Å². The lowest BCUT2D eigenvalue weighted by molar-refractivity contribution is 0.641. The fourth-order valence-corrected chi connectivity index (χ4v) is 2.47. The van der Waals surface area contributed by atoms with Crippen LogP contribution in [0.1, 0.15) is 12.5 Å². The maximum absolute atomic E-state index is 4.24. The maximum Gasteiger partial charge on any atom is 0.0608 e. The zero-order chi connectivity index (χ0) is 12.5. The first-order valence-electron chi connectivity index (χ1n) is 6.31. The molecule has 0 fully saturated rings. The third-order valence-corrected chi connectivity index (χ3v) is 3.44. The van der Waals surface area contributed by atoms with Gasteiger partial charge in [-0.3, -0.25) is 4.68 Å². The van der Waals surface area contributed by atoms with E-state index in [2.05, 4.69) is 52.7 Å². The summed E-state index contributed by atoms with van der Waals surface area (Å²) in [5.74, 6) is 0. The molecule has 0 amide bonds. The average Bonchev–Trinajstić information content (AvgIpc) is 2.79. The second-order valence-corrected chi connectivity index (χ2v) is 4.90. The number of fused-ring (bicyclic) bond motifs is 1. The number of anilines is 2. The molecular formula is C14H18N4. The molecule has 0 aliphatic carbocycles. The molecule has 0 saturated carbocycles. The number of hydrogen-bond donors (Lipinski definition) is 1. The minimum absolute atomic E-state index is 0.486. The molecule has 3 rings (SSSR count). The SMILES string of the molecule is CC1CNc2ccccc2N1Cc1cnn(C)c1. The van der Waals surface area contributed by atoms with Crippen LogP contribution >= 0.6 is 0 Å². The fourth-order valence-electron chi connectivity index (χ4n) is 2.47. The molecule has 0 bridgehead atoms. The molecule has 4 heteroatoms. The molecule has 0 radical (unpaired) electrons. The molecule has 1 unspecified atom stereocenters. The third kappa shape index (κ3) is 1.94. The topological polar surface area (TPSA) is 33.1 Å². The van der Waals surface area contributed by atoms with Gasteiger partial charge in [-0.2, -0.15) is 5.10 Å². The Morgan fingerprint density at radius 3 is 3.00 bits per heavy atom. The Labute approximate surface area is 107 Å². The van der Waals surface area contributed by atoms with Gasteiger partial charge in [0.2, 0.25) is 0 Å². The van der Waals surface area contributed by atoms with E-state index in [-0.39, 0.29) is 0 Å². The molecular weight excluding hydrogens is 224 g/mol. The van der Waals surface area contributed by atoms with Crippen molar-refractivity contribution in [2.24, 2.45) is 7.05 Å².